The molecule has 0 bridgehead atoms. The molecule has 2 N–H and O–H groups in total. The van der Waals surface area contributed by atoms with Gasteiger partial charge in [-0.25, -0.2) is 16.8 Å². The molecule has 250 valence electrons. The first-order chi connectivity index (χ1) is 22.5. The Bertz CT molecular complexity index is 2160. The van der Waals surface area contributed by atoms with Gasteiger partial charge >= 0.3 is 0 Å². The average molecular weight is 728 g/mol. The summed E-state index contributed by atoms with van der Waals surface area (Å²) in [6.07, 6.45) is 4.51. The maximum absolute atomic E-state index is 12.9. The van der Waals surface area contributed by atoms with Crippen LogP contribution in [0, 0.1) is 0 Å². The van der Waals surface area contributed by atoms with Crippen LogP contribution >= 0.6 is 23.2 Å². The van der Waals surface area contributed by atoms with E-state index in [-0.39, 0.29) is 9.79 Å². The van der Waals surface area contributed by atoms with Crippen molar-refractivity contribution in [3.63, 3.8) is 0 Å². The van der Waals surface area contributed by atoms with Gasteiger partial charge < -0.3 is 10.6 Å². The van der Waals surface area contributed by atoms with Crippen LogP contribution in [0.2, 0.25) is 10.0 Å². The number of fused-ring (bicyclic) bond motifs is 1. The molecule has 0 atom stereocenters. The largest absolute Gasteiger partial charge is 0.323 e. The van der Waals surface area contributed by atoms with Gasteiger partial charge in [-0.1, -0.05) is 41.4 Å². The predicted molar refractivity (Wildman–Crippen MR) is 189 cm³/mol. The number of anilines is 2. The second-order valence-electron chi connectivity index (χ2n) is 11.5. The molecular formula is C34H32Cl2N4O6S2. The minimum atomic E-state index is -3.91. The number of nitrogens with one attached hydrogen (secondary N) is 2. The molecule has 0 aliphatic carbocycles. The third kappa shape index (κ3) is 7.84. The molecule has 0 spiro atoms. The SMILES string of the molecule is CC(C)(C(=O)Nc1cccnc1)S(=O)(=O)c1ccc(Cl)cc1.CC(C)(C(=O)Nc1cnc2ccccc2c1)S(=O)(=O)c1ccc(Cl)cc1. The van der Waals surface area contributed by atoms with Gasteiger partial charge in [-0.15, -0.1) is 0 Å². The molecule has 0 saturated heterocycles. The molecule has 2 heterocycles. The fraction of sp³-hybridized carbons (Fsp3) is 0.176. The van der Waals surface area contributed by atoms with Crippen LogP contribution < -0.4 is 10.6 Å². The molecule has 2 amide bonds. The summed E-state index contributed by atoms with van der Waals surface area (Å²) in [4.78, 5) is 33.3. The van der Waals surface area contributed by atoms with Gasteiger partial charge in [0, 0.05) is 21.6 Å². The fourth-order valence-electron chi connectivity index (χ4n) is 4.20. The van der Waals surface area contributed by atoms with E-state index in [0.717, 1.165) is 10.9 Å². The van der Waals surface area contributed by atoms with Crippen molar-refractivity contribution in [1.29, 1.82) is 0 Å². The summed E-state index contributed by atoms with van der Waals surface area (Å²) in [5, 5.41) is 6.92. The van der Waals surface area contributed by atoms with Crippen molar-refractivity contribution >= 4 is 77.0 Å². The van der Waals surface area contributed by atoms with E-state index < -0.39 is 41.0 Å². The third-order valence-corrected chi connectivity index (χ3v) is 12.8. The van der Waals surface area contributed by atoms with E-state index in [0.29, 0.717) is 21.4 Å². The number of pyridine rings is 2. The quantitative estimate of drug-likeness (QED) is 0.173. The highest BCUT2D eigenvalue weighted by atomic mass is 35.5. The summed E-state index contributed by atoms with van der Waals surface area (Å²) in [5.41, 5.74) is 1.67. The Morgan fingerprint density at radius 1 is 0.625 bits per heavy atom. The summed E-state index contributed by atoms with van der Waals surface area (Å²) in [7, 11) is -7.77. The van der Waals surface area contributed by atoms with Crippen molar-refractivity contribution in [2.45, 2.75) is 47.0 Å². The second-order valence-corrected chi connectivity index (χ2v) is 17.4. The van der Waals surface area contributed by atoms with Crippen molar-refractivity contribution in [2.24, 2.45) is 0 Å². The molecule has 14 heteroatoms. The Labute approximate surface area is 289 Å². The summed E-state index contributed by atoms with van der Waals surface area (Å²) < 4.78 is 47.8. The van der Waals surface area contributed by atoms with Gasteiger partial charge in [0.2, 0.25) is 11.8 Å². The molecule has 0 aliphatic rings. The molecule has 5 rings (SSSR count). The van der Waals surface area contributed by atoms with Crippen LogP contribution in [0.5, 0.6) is 0 Å². The van der Waals surface area contributed by atoms with Gasteiger partial charge in [0.25, 0.3) is 0 Å². The first kappa shape index (κ1) is 36.5. The molecule has 0 saturated carbocycles. The normalized spacial score (nSPS) is 12.0. The minimum absolute atomic E-state index is 0.0405. The average Bonchev–Trinajstić information content (AvgIpc) is 3.05. The van der Waals surface area contributed by atoms with E-state index in [1.165, 1.54) is 88.6 Å². The minimum Gasteiger partial charge on any atom is -0.323 e. The number of para-hydroxylation sites is 1. The van der Waals surface area contributed by atoms with E-state index in [1.54, 1.807) is 24.4 Å². The lowest BCUT2D eigenvalue weighted by molar-refractivity contribution is -0.118. The highest BCUT2D eigenvalue weighted by molar-refractivity contribution is 7.94. The van der Waals surface area contributed by atoms with Crippen molar-refractivity contribution in [2.75, 3.05) is 10.6 Å². The van der Waals surface area contributed by atoms with E-state index in [2.05, 4.69) is 20.6 Å². The number of amides is 2. The van der Waals surface area contributed by atoms with Crippen LogP contribution in [0.25, 0.3) is 10.9 Å². The number of benzene rings is 3. The number of rotatable bonds is 8. The van der Waals surface area contributed by atoms with Gasteiger partial charge in [-0.2, -0.15) is 0 Å². The zero-order valence-corrected chi connectivity index (χ0v) is 29.5. The maximum Gasteiger partial charge on any atom is 0.245 e. The van der Waals surface area contributed by atoms with E-state index in [4.69, 9.17) is 23.2 Å². The van der Waals surface area contributed by atoms with Crippen LogP contribution in [0.3, 0.4) is 0 Å². The van der Waals surface area contributed by atoms with Gasteiger partial charge in [-0.05, 0) is 100 Å². The van der Waals surface area contributed by atoms with E-state index in [9.17, 15) is 26.4 Å². The van der Waals surface area contributed by atoms with Crippen molar-refractivity contribution in [3.05, 3.63) is 120 Å². The molecule has 0 unspecified atom stereocenters. The third-order valence-electron chi connectivity index (χ3n) is 7.45. The Morgan fingerprint density at radius 3 is 1.58 bits per heavy atom. The van der Waals surface area contributed by atoms with Crippen LogP contribution in [-0.2, 0) is 29.3 Å². The van der Waals surface area contributed by atoms with E-state index in [1.807, 2.05) is 24.3 Å². The van der Waals surface area contributed by atoms with Crippen molar-refractivity contribution in [1.82, 2.24) is 9.97 Å². The summed E-state index contributed by atoms with van der Waals surface area (Å²) >= 11 is 11.6. The molecular weight excluding hydrogens is 695 g/mol. The highest BCUT2D eigenvalue weighted by Gasteiger charge is 2.44. The Hall–Kier alpha value is -4.36. The van der Waals surface area contributed by atoms with E-state index >= 15 is 0 Å². The number of hydrogen-bond donors (Lipinski definition) is 2. The number of carbonyl (C=O) groups excluding carboxylic acids is 2. The Balaban J connectivity index is 0.000000220. The molecule has 48 heavy (non-hydrogen) atoms. The maximum atomic E-state index is 12.9. The lowest BCUT2D eigenvalue weighted by atomic mass is 10.1. The van der Waals surface area contributed by atoms with Crippen molar-refractivity contribution in [3.8, 4) is 0 Å². The predicted octanol–water partition coefficient (Wildman–Crippen LogP) is 7.01. The van der Waals surface area contributed by atoms with Crippen LogP contribution in [0.1, 0.15) is 27.7 Å². The molecule has 5 aromatic rings. The second kappa shape index (κ2) is 14.4. The summed E-state index contributed by atoms with van der Waals surface area (Å²) in [6.45, 7) is 5.48. The number of carbonyl (C=O) groups is 2. The molecule has 3 aromatic carbocycles. The van der Waals surface area contributed by atoms with Crippen LogP contribution in [0.4, 0.5) is 11.4 Å². The number of aromatic nitrogens is 2. The summed E-state index contributed by atoms with van der Waals surface area (Å²) in [6, 6.07) is 24.0. The zero-order chi connectivity index (χ0) is 35.3. The molecule has 10 nitrogen and oxygen atoms in total. The zero-order valence-electron chi connectivity index (χ0n) is 26.3. The molecule has 0 aliphatic heterocycles. The Kier molecular flexibility index (Phi) is 10.9. The van der Waals surface area contributed by atoms with Gasteiger partial charge in [0.15, 0.2) is 19.7 Å². The lowest BCUT2D eigenvalue weighted by Crippen LogP contribution is -2.44. The Morgan fingerprint density at radius 2 is 1.10 bits per heavy atom. The number of sulfone groups is 2. The lowest BCUT2D eigenvalue weighted by Gasteiger charge is -2.24. The summed E-state index contributed by atoms with van der Waals surface area (Å²) in [5.74, 6) is -1.26. The molecule has 0 fully saturated rings. The first-order valence-corrected chi connectivity index (χ1v) is 18.1. The van der Waals surface area contributed by atoms with Gasteiger partial charge in [0.1, 0.15) is 9.49 Å². The fourth-order valence-corrected chi connectivity index (χ4v) is 7.21. The van der Waals surface area contributed by atoms with Crippen LogP contribution in [-0.4, -0.2) is 48.1 Å². The number of nitrogens with zero attached hydrogens (tertiary/aromatic N) is 2. The topological polar surface area (TPSA) is 152 Å². The van der Waals surface area contributed by atoms with Crippen LogP contribution in [0.15, 0.2) is 119 Å². The number of hydrogen-bond acceptors (Lipinski definition) is 8. The standard InChI is InChI=1S/C19H17ClN2O3S.C15H15ClN2O3S/c1-19(2,26(24,25)16-9-7-14(20)8-10-16)18(23)22-15-11-13-5-3-4-6-17(13)21-12-15;1-15(2,14(19)18-12-4-3-9-17-10-12)22(20,21)13-7-5-11(16)6-8-13/h3-12H,1-2H3,(H,22,23);3-10H,1-2H3,(H,18,19). The van der Waals surface area contributed by atoms with Gasteiger partial charge in [0.05, 0.1) is 39.1 Å². The highest BCUT2D eigenvalue weighted by Crippen LogP contribution is 2.29. The van der Waals surface area contributed by atoms with Crippen molar-refractivity contribution < 1.29 is 26.4 Å². The number of halogens is 2. The molecule has 0 radical (unpaired) electrons. The monoisotopic (exact) mass is 726 g/mol. The molecule has 2 aromatic heterocycles. The first-order valence-electron chi connectivity index (χ1n) is 14.3. The van der Waals surface area contributed by atoms with Gasteiger partial charge in [-0.3, -0.25) is 19.6 Å². The smallest absolute Gasteiger partial charge is 0.245 e.